The average molecular weight is 476 g/mol. The number of imidazole rings is 1. The van der Waals surface area contributed by atoms with Gasteiger partial charge in [0.05, 0.1) is 23.9 Å². The number of aromatic nitrogens is 6. The number of benzene rings is 1. The summed E-state index contributed by atoms with van der Waals surface area (Å²) >= 11 is 0. The van der Waals surface area contributed by atoms with Gasteiger partial charge in [0.1, 0.15) is 12.6 Å². The predicted molar refractivity (Wildman–Crippen MR) is 118 cm³/mol. The molecule has 0 aliphatic rings. The Balaban J connectivity index is 1.79. The van der Waals surface area contributed by atoms with Crippen molar-refractivity contribution >= 4 is 11.2 Å². The van der Waals surface area contributed by atoms with Crippen LogP contribution in [0.3, 0.4) is 0 Å². The largest absolute Gasteiger partial charge is 0.416 e. The van der Waals surface area contributed by atoms with E-state index in [4.69, 9.17) is 0 Å². The predicted octanol–water partition coefficient (Wildman–Crippen LogP) is 2.67. The highest BCUT2D eigenvalue weighted by molar-refractivity contribution is 5.76. The van der Waals surface area contributed by atoms with Gasteiger partial charge in [-0.1, -0.05) is 19.1 Å². The number of halogens is 3. The second-order valence-electron chi connectivity index (χ2n) is 7.79. The monoisotopic (exact) mass is 476 g/mol. The number of nitrogens with zero attached hydrogens (tertiary/aromatic N) is 6. The molecule has 1 N–H and O–H groups in total. The van der Waals surface area contributed by atoms with Crippen molar-refractivity contribution in [1.29, 1.82) is 0 Å². The van der Waals surface area contributed by atoms with Crippen molar-refractivity contribution in [2.24, 2.45) is 0 Å². The molecule has 4 aromatic rings. The van der Waals surface area contributed by atoms with E-state index in [0.29, 0.717) is 17.5 Å². The molecule has 0 atom stereocenters. The smallest absolute Gasteiger partial charge is 0.376 e. The molecule has 9 nitrogen and oxygen atoms in total. The van der Waals surface area contributed by atoms with Crippen LogP contribution in [0.25, 0.3) is 22.6 Å². The molecule has 0 radical (unpaired) electrons. The van der Waals surface area contributed by atoms with Crippen LogP contribution in [0.15, 0.2) is 46.2 Å². The number of aliphatic hydroxyl groups excluding tert-OH is 1. The van der Waals surface area contributed by atoms with Gasteiger partial charge in [-0.3, -0.25) is 23.2 Å². The Morgan fingerprint density at radius 3 is 2.50 bits per heavy atom. The van der Waals surface area contributed by atoms with Gasteiger partial charge in [0.15, 0.2) is 11.2 Å². The summed E-state index contributed by atoms with van der Waals surface area (Å²) in [4.78, 5) is 30.3. The molecule has 0 bridgehead atoms. The van der Waals surface area contributed by atoms with E-state index in [1.54, 1.807) is 19.2 Å². The summed E-state index contributed by atoms with van der Waals surface area (Å²) in [6, 6.07) is 4.95. The topological polar surface area (TPSA) is 99.9 Å². The third-order valence-corrected chi connectivity index (χ3v) is 5.51. The van der Waals surface area contributed by atoms with E-state index < -0.39 is 29.7 Å². The maximum Gasteiger partial charge on any atom is 0.416 e. The zero-order valence-electron chi connectivity index (χ0n) is 18.6. The standard InChI is InChI=1S/C22H23F3N6O3/c1-3-8-30-20(33)17-19(29(4-2)21(30)34)27-18(31(17)13-32)15-10-26-28(12-15)11-14-6-5-7-16(9-14)22(23,24)25/h5-7,9-10,12,32H,3-4,8,11,13H2,1-2H3. The molecule has 1 aromatic carbocycles. The molecule has 0 saturated heterocycles. The highest BCUT2D eigenvalue weighted by Gasteiger charge is 2.30. The van der Waals surface area contributed by atoms with E-state index in [2.05, 4.69) is 10.1 Å². The summed E-state index contributed by atoms with van der Waals surface area (Å²) in [7, 11) is 0. The van der Waals surface area contributed by atoms with Crippen LogP contribution in [0.1, 0.15) is 31.4 Å². The first kappa shape index (κ1) is 23.5. The minimum Gasteiger partial charge on any atom is -0.376 e. The first-order valence-electron chi connectivity index (χ1n) is 10.7. The fourth-order valence-electron chi connectivity index (χ4n) is 3.95. The number of hydrogen-bond donors (Lipinski definition) is 1. The molecule has 0 unspecified atom stereocenters. The van der Waals surface area contributed by atoms with E-state index in [-0.39, 0.29) is 36.6 Å². The zero-order chi connectivity index (χ0) is 24.6. The lowest BCUT2D eigenvalue weighted by Crippen LogP contribution is -2.40. The van der Waals surface area contributed by atoms with E-state index in [1.165, 1.54) is 26.1 Å². The van der Waals surface area contributed by atoms with Crippen molar-refractivity contribution in [3.05, 3.63) is 68.6 Å². The molecule has 0 fully saturated rings. The molecule has 12 heteroatoms. The van der Waals surface area contributed by atoms with Gasteiger partial charge in [-0.25, -0.2) is 9.78 Å². The van der Waals surface area contributed by atoms with Gasteiger partial charge >= 0.3 is 11.9 Å². The molecule has 180 valence electrons. The Morgan fingerprint density at radius 2 is 1.85 bits per heavy atom. The first-order valence-corrected chi connectivity index (χ1v) is 10.7. The second kappa shape index (κ2) is 8.93. The summed E-state index contributed by atoms with van der Waals surface area (Å²) in [5.41, 5.74) is -0.680. The fourth-order valence-corrected chi connectivity index (χ4v) is 3.95. The summed E-state index contributed by atoms with van der Waals surface area (Å²) in [6.07, 6.45) is -0.865. The Morgan fingerprint density at radius 1 is 1.09 bits per heavy atom. The summed E-state index contributed by atoms with van der Waals surface area (Å²) in [5, 5.41) is 14.3. The lowest BCUT2D eigenvalue weighted by atomic mass is 10.1. The van der Waals surface area contributed by atoms with E-state index >= 15 is 0 Å². The lowest BCUT2D eigenvalue weighted by Gasteiger charge is -2.09. The highest BCUT2D eigenvalue weighted by atomic mass is 19.4. The Bertz CT molecular complexity index is 1460. The molecule has 0 spiro atoms. The minimum atomic E-state index is -4.45. The van der Waals surface area contributed by atoms with Crippen molar-refractivity contribution < 1.29 is 18.3 Å². The molecule has 3 heterocycles. The minimum absolute atomic E-state index is 0.0756. The number of rotatable bonds is 7. The van der Waals surface area contributed by atoms with Gasteiger partial charge in [0.2, 0.25) is 0 Å². The van der Waals surface area contributed by atoms with E-state index in [0.717, 1.165) is 16.7 Å². The molecule has 4 rings (SSSR count). The zero-order valence-corrected chi connectivity index (χ0v) is 18.6. The fraction of sp³-hybridized carbons (Fsp3) is 0.364. The summed E-state index contributed by atoms with van der Waals surface area (Å²) in [5.74, 6) is 0.223. The van der Waals surface area contributed by atoms with Crippen LogP contribution in [0.5, 0.6) is 0 Å². The Hall–Kier alpha value is -3.67. The molecule has 0 aliphatic carbocycles. The van der Waals surface area contributed by atoms with Gasteiger partial charge in [-0.15, -0.1) is 0 Å². The third-order valence-electron chi connectivity index (χ3n) is 5.51. The van der Waals surface area contributed by atoms with Crippen molar-refractivity contribution in [3.63, 3.8) is 0 Å². The Labute approximate surface area is 191 Å². The van der Waals surface area contributed by atoms with Crippen LogP contribution in [0.2, 0.25) is 0 Å². The molecule has 0 amide bonds. The van der Waals surface area contributed by atoms with Crippen molar-refractivity contribution in [1.82, 2.24) is 28.5 Å². The van der Waals surface area contributed by atoms with Crippen LogP contribution in [0, 0.1) is 0 Å². The number of alkyl halides is 3. The molecular formula is C22H23F3N6O3. The normalized spacial score (nSPS) is 12.1. The van der Waals surface area contributed by atoms with Gasteiger partial charge in [-0.2, -0.15) is 18.3 Å². The van der Waals surface area contributed by atoms with Gasteiger partial charge in [0, 0.05) is 19.3 Å². The molecule has 3 aromatic heterocycles. The highest BCUT2D eigenvalue weighted by Crippen LogP contribution is 2.30. The van der Waals surface area contributed by atoms with Crippen LogP contribution < -0.4 is 11.2 Å². The average Bonchev–Trinajstić information content (AvgIpc) is 3.41. The van der Waals surface area contributed by atoms with Crippen LogP contribution in [-0.4, -0.2) is 33.6 Å². The van der Waals surface area contributed by atoms with Crippen molar-refractivity contribution in [3.8, 4) is 11.4 Å². The molecule has 0 saturated carbocycles. The Kier molecular flexibility index (Phi) is 6.17. The number of fused-ring (bicyclic) bond motifs is 1. The number of hydrogen-bond acceptors (Lipinski definition) is 5. The van der Waals surface area contributed by atoms with Gasteiger partial charge < -0.3 is 5.11 Å². The van der Waals surface area contributed by atoms with Crippen LogP contribution in [0.4, 0.5) is 13.2 Å². The van der Waals surface area contributed by atoms with Crippen molar-refractivity contribution in [2.75, 3.05) is 0 Å². The summed E-state index contributed by atoms with van der Waals surface area (Å²) in [6.45, 7) is 3.62. The maximum absolute atomic E-state index is 13.1. The van der Waals surface area contributed by atoms with Gasteiger partial charge in [-0.05, 0) is 31.0 Å². The van der Waals surface area contributed by atoms with E-state index in [9.17, 15) is 27.9 Å². The van der Waals surface area contributed by atoms with Gasteiger partial charge in [0.25, 0.3) is 5.56 Å². The number of aliphatic hydroxyl groups is 1. The molecule has 34 heavy (non-hydrogen) atoms. The second-order valence-corrected chi connectivity index (χ2v) is 7.79. The lowest BCUT2D eigenvalue weighted by molar-refractivity contribution is -0.137. The summed E-state index contributed by atoms with van der Waals surface area (Å²) < 4.78 is 44.3. The number of aryl methyl sites for hydroxylation is 1. The SMILES string of the molecule is CCCn1c(=O)c2c(nc(-c3cnn(Cc4cccc(C(F)(F)F)c4)c3)n2CO)n(CC)c1=O. The molecule has 0 aliphatic heterocycles. The van der Waals surface area contributed by atoms with E-state index in [1.807, 2.05) is 6.92 Å². The van der Waals surface area contributed by atoms with Crippen LogP contribution in [-0.2, 0) is 32.5 Å². The first-order chi connectivity index (χ1) is 16.2. The van der Waals surface area contributed by atoms with Crippen molar-refractivity contribution in [2.45, 2.75) is 52.8 Å². The third kappa shape index (κ3) is 4.04. The van der Waals surface area contributed by atoms with Crippen LogP contribution >= 0.6 is 0 Å². The quantitative estimate of drug-likeness (QED) is 0.442. The molecular weight excluding hydrogens is 453 g/mol. The maximum atomic E-state index is 13.1.